The van der Waals surface area contributed by atoms with E-state index in [9.17, 15) is 13.5 Å². The van der Waals surface area contributed by atoms with Crippen molar-refractivity contribution in [2.45, 2.75) is 9.79 Å². The normalized spacial score (nSPS) is 11.5. The third kappa shape index (κ3) is 2.36. The van der Waals surface area contributed by atoms with Crippen LogP contribution in [0.3, 0.4) is 0 Å². The summed E-state index contributed by atoms with van der Waals surface area (Å²) in [6.45, 7) is 0. The molecule has 0 heterocycles. The molecule has 0 radical (unpaired) electrons. The van der Waals surface area contributed by atoms with E-state index in [0.717, 1.165) is 11.0 Å². The summed E-state index contributed by atoms with van der Waals surface area (Å²) in [6, 6.07) is 3.96. The summed E-state index contributed by atoms with van der Waals surface area (Å²) < 4.78 is 29.9. The Morgan fingerprint density at radius 3 is 2.38 bits per heavy atom. The minimum atomic E-state index is -4.32. The van der Waals surface area contributed by atoms with Crippen LogP contribution in [-0.2, 0) is 10.1 Å². The van der Waals surface area contributed by atoms with Crippen molar-refractivity contribution in [2.24, 2.45) is 0 Å². The maximum atomic E-state index is 10.6. The molecule has 0 unspecified atom stereocenters. The highest BCUT2D eigenvalue weighted by Gasteiger charge is 2.14. The van der Waals surface area contributed by atoms with Crippen LogP contribution in [0.4, 0.5) is 0 Å². The molecule has 0 aliphatic heterocycles. The van der Waals surface area contributed by atoms with E-state index < -0.39 is 20.8 Å². The smallest absolute Gasteiger partial charge is 0.298 e. The van der Waals surface area contributed by atoms with E-state index in [1.54, 1.807) is 6.26 Å². The summed E-state index contributed by atoms with van der Waals surface area (Å²) in [5, 5.41) is 9.21. The number of phenols is 1. The van der Waals surface area contributed by atoms with Crippen LogP contribution in [0.2, 0.25) is 0 Å². The zero-order valence-electron chi connectivity index (χ0n) is 6.76. The van der Waals surface area contributed by atoms with E-state index in [0.29, 0.717) is 0 Å². The highest BCUT2D eigenvalue weighted by molar-refractivity contribution is 7.98. The Morgan fingerprint density at radius 1 is 1.38 bits per heavy atom. The molecule has 0 atom stereocenters. The standard InChI is InChI=1S/C7H8O4S2/c1-12-5-2-3-7(6(8)4-5)13(9,10)11/h2-4,8H,1H3,(H,9,10,11). The summed E-state index contributed by atoms with van der Waals surface area (Å²) in [4.78, 5) is 0.259. The van der Waals surface area contributed by atoms with Gasteiger partial charge in [0.15, 0.2) is 0 Å². The van der Waals surface area contributed by atoms with Gasteiger partial charge in [0.1, 0.15) is 10.6 Å². The first-order valence-electron chi connectivity index (χ1n) is 3.29. The first-order valence-corrected chi connectivity index (χ1v) is 5.96. The Hall–Kier alpha value is -0.720. The Morgan fingerprint density at radius 2 is 2.00 bits per heavy atom. The van der Waals surface area contributed by atoms with Crippen molar-refractivity contribution in [2.75, 3.05) is 6.26 Å². The van der Waals surface area contributed by atoms with Gasteiger partial charge in [-0.2, -0.15) is 8.42 Å². The van der Waals surface area contributed by atoms with Gasteiger partial charge in [-0.15, -0.1) is 11.8 Å². The van der Waals surface area contributed by atoms with Crippen LogP contribution in [0.1, 0.15) is 0 Å². The lowest BCUT2D eigenvalue weighted by atomic mass is 10.3. The van der Waals surface area contributed by atoms with Gasteiger partial charge in [-0.25, -0.2) is 0 Å². The molecular weight excluding hydrogens is 212 g/mol. The van der Waals surface area contributed by atoms with Gasteiger partial charge in [0.2, 0.25) is 0 Å². The Balaban J connectivity index is 3.29. The lowest BCUT2D eigenvalue weighted by Crippen LogP contribution is -1.98. The minimum Gasteiger partial charge on any atom is -0.506 e. The molecule has 0 saturated heterocycles. The highest BCUT2D eigenvalue weighted by atomic mass is 32.2. The van der Waals surface area contributed by atoms with Crippen LogP contribution in [0, 0.1) is 0 Å². The molecule has 0 amide bonds. The average Bonchev–Trinajstić information content (AvgIpc) is 2.01. The topological polar surface area (TPSA) is 74.6 Å². The lowest BCUT2D eigenvalue weighted by Gasteiger charge is -2.02. The third-order valence-corrected chi connectivity index (χ3v) is 3.07. The van der Waals surface area contributed by atoms with Gasteiger partial charge in [0, 0.05) is 4.90 Å². The monoisotopic (exact) mass is 220 g/mol. The molecule has 0 spiro atoms. The van der Waals surface area contributed by atoms with Gasteiger partial charge in [-0.3, -0.25) is 4.55 Å². The molecule has 2 N–H and O–H groups in total. The average molecular weight is 220 g/mol. The van der Waals surface area contributed by atoms with Gasteiger partial charge >= 0.3 is 0 Å². The Kier molecular flexibility index (Phi) is 2.84. The van der Waals surface area contributed by atoms with Crippen molar-refractivity contribution >= 4 is 21.9 Å². The van der Waals surface area contributed by atoms with E-state index in [-0.39, 0.29) is 0 Å². The number of phenolic OH excluding ortho intramolecular Hbond substituents is 1. The predicted octanol–water partition coefficient (Wildman–Crippen LogP) is 1.36. The molecule has 0 bridgehead atoms. The zero-order chi connectivity index (χ0) is 10.1. The van der Waals surface area contributed by atoms with Crippen molar-refractivity contribution in [1.82, 2.24) is 0 Å². The maximum Gasteiger partial charge on any atom is 0.298 e. The molecular formula is C7H8O4S2. The largest absolute Gasteiger partial charge is 0.506 e. The van der Waals surface area contributed by atoms with Crippen molar-refractivity contribution in [1.29, 1.82) is 0 Å². The van der Waals surface area contributed by atoms with Gasteiger partial charge in [0.25, 0.3) is 10.1 Å². The molecule has 0 saturated carbocycles. The second-order valence-corrected chi connectivity index (χ2v) is 4.58. The van der Waals surface area contributed by atoms with Crippen molar-refractivity contribution in [3.63, 3.8) is 0 Å². The fraction of sp³-hybridized carbons (Fsp3) is 0.143. The number of rotatable bonds is 2. The number of hydrogen-bond acceptors (Lipinski definition) is 4. The lowest BCUT2D eigenvalue weighted by molar-refractivity contribution is 0.442. The van der Waals surface area contributed by atoms with Crippen LogP contribution >= 0.6 is 11.8 Å². The fourth-order valence-corrected chi connectivity index (χ4v) is 1.84. The van der Waals surface area contributed by atoms with Crippen LogP contribution in [0.15, 0.2) is 28.0 Å². The Bertz CT molecular complexity index is 411. The minimum absolute atomic E-state index is 0.436. The summed E-state index contributed by atoms with van der Waals surface area (Å²) in [5.41, 5.74) is 0. The van der Waals surface area contributed by atoms with Gasteiger partial charge < -0.3 is 5.11 Å². The highest BCUT2D eigenvalue weighted by Crippen LogP contribution is 2.27. The van der Waals surface area contributed by atoms with Crippen LogP contribution in [-0.4, -0.2) is 24.3 Å². The molecule has 0 fully saturated rings. The van der Waals surface area contributed by atoms with Gasteiger partial charge in [0.05, 0.1) is 0 Å². The first kappa shape index (κ1) is 10.4. The molecule has 1 rings (SSSR count). The first-order chi connectivity index (χ1) is 5.95. The molecule has 0 aliphatic rings. The van der Waals surface area contributed by atoms with Crippen LogP contribution in [0.25, 0.3) is 0 Å². The van der Waals surface area contributed by atoms with Gasteiger partial charge in [-0.05, 0) is 24.5 Å². The molecule has 72 valence electrons. The van der Waals surface area contributed by atoms with Crippen molar-refractivity contribution in [3.8, 4) is 5.75 Å². The number of thioether (sulfide) groups is 1. The number of benzene rings is 1. The quantitative estimate of drug-likeness (QED) is 0.581. The van der Waals surface area contributed by atoms with E-state index in [2.05, 4.69) is 0 Å². The van der Waals surface area contributed by atoms with Crippen molar-refractivity contribution in [3.05, 3.63) is 18.2 Å². The maximum absolute atomic E-state index is 10.6. The third-order valence-electron chi connectivity index (χ3n) is 1.44. The second kappa shape index (κ2) is 3.57. The van der Waals surface area contributed by atoms with Crippen molar-refractivity contribution < 1.29 is 18.1 Å². The molecule has 4 nitrogen and oxygen atoms in total. The molecule has 13 heavy (non-hydrogen) atoms. The van der Waals surface area contributed by atoms with E-state index >= 15 is 0 Å². The molecule has 6 heteroatoms. The molecule has 0 aliphatic carbocycles. The van der Waals surface area contributed by atoms with E-state index in [4.69, 9.17) is 4.55 Å². The second-order valence-electron chi connectivity index (χ2n) is 2.31. The predicted molar refractivity (Wildman–Crippen MR) is 49.7 cm³/mol. The fourth-order valence-electron chi connectivity index (χ4n) is 0.842. The summed E-state index contributed by atoms with van der Waals surface area (Å²) in [7, 11) is -4.32. The summed E-state index contributed by atoms with van der Waals surface area (Å²) in [6.07, 6.45) is 1.79. The van der Waals surface area contributed by atoms with Gasteiger partial charge in [-0.1, -0.05) is 0 Å². The SMILES string of the molecule is CSc1ccc(S(=O)(=O)O)c(O)c1. The van der Waals surface area contributed by atoms with Crippen LogP contribution in [0.5, 0.6) is 5.75 Å². The molecule has 0 aromatic heterocycles. The number of hydrogen-bond donors (Lipinski definition) is 2. The zero-order valence-corrected chi connectivity index (χ0v) is 8.39. The molecule has 1 aromatic rings. The Labute approximate surface area is 80.3 Å². The van der Waals surface area contributed by atoms with E-state index in [1.807, 2.05) is 0 Å². The molecule has 1 aromatic carbocycles. The van der Waals surface area contributed by atoms with Crippen LogP contribution < -0.4 is 0 Å². The summed E-state index contributed by atoms with van der Waals surface area (Å²) in [5.74, 6) is -0.436. The van der Waals surface area contributed by atoms with E-state index in [1.165, 1.54) is 23.9 Å². The number of aromatic hydroxyl groups is 1. The summed E-state index contributed by atoms with van der Waals surface area (Å²) >= 11 is 1.37.